The van der Waals surface area contributed by atoms with E-state index in [4.69, 9.17) is 4.74 Å². The zero-order valence-electron chi connectivity index (χ0n) is 10.8. The van der Waals surface area contributed by atoms with E-state index in [1.165, 1.54) is 16.0 Å². The van der Waals surface area contributed by atoms with Gasteiger partial charge in [-0.3, -0.25) is 0 Å². The lowest BCUT2D eigenvalue weighted by Gasteiger charge is -2.12. The Labute approximate surface area is 121 Å². The summed E-state index contributed by atoms with van der Waals surface area (Å²) in [6.45, 7) is 4.42. The Morgan fingerprint density at radius 3 is 2.22 bits per heavy atom. The highest BCUT2D eigenvalue weighted by Gasteiger charge is 2.16. The molecular weight excluding hydrogens is 308 g/mol. The highest BCUT2D eigenvalue weighted by atomic mass is 79.9. The van der Waals surface area contributed by atoms with Crippen LogP contribution in [-0.2, 0) is 0 Å². The first-order valence-electron chi connectivity index (χ1n) is 5.98. The lowest BCUT2D eigenvalue weighted by molar-refractivity contribution is 0.413. The summed E-state index contributed by atoms with van der Waals surface area (Å²) in [6, 6.07) is 10.8. The Morgan fingerprint density at radius 2 is 1.67 bits per heavy atom. The van der Waals surface area contributed by atoms with Gasteiger partial charge in [-0.2, -0.15) is 0 Å². The largest absolute Gasteiger partial charge is 0.496 e. The molecule has 1 nitrogen and oxygen atoms in total. The number of halogens is 1. The average Bonchev–Trinajstić information content (AvgIpc) is 2.86. The van der Waals surface area contributed by atoms with Crippen molar-refractivity contribution in [2.24, 2.45) is 0 Å². The maximum Gasteiger partial charge on any atom is 0.134 e. The molecule has 0 aliphatic carbocycles. The predicted octanol–water partition coefficient (Wildman–Crippen LogP) is 5.36. The summed E-state index contributed by atoms with van der Waals surface area (Å²) in [4.78, 5) is 1.42. The molecule has 96 valence electrons. The zero-order chi connectivity index (χ0) is 13.1. The third kappa shape index (κ3) is 2.78. The van der Waals surface area contributed by atoms with Gasteiger partial charge in [0, 0.05) is 0 Å². The van der Waals surface area contributed by atoms with Crippen LogP contribution in [0.1, 0.15) is 40.6 Å². The van der Waals surface area contributed by atoms with Crippen LogP contribution in [-0.4, -0.2) is 7.11 Å². The predicted molar refractivity (Wildman–Crippen MR) is 82.2 cm³/mol. The van der Waals surface area contributed by atoms with Crippen molar-refractivity contribution in [2.75, 3.05) is 7.11 Å². The van der Waals surface area contributed by atoms with Gasteiger partial charge in [0.1, 0.15) is 5.75 Å². The summed E-state index contributed by atoms with van der Waals surface area (Å²) in [5.41, 5.74) is 2.64. The number of benzene rings is 1. The van der Waals surface area contributed by atoms with Crippen LogP contribution in [0, 0.1) is 0 Å². The first kappa shape index (κ1) is 13.6. The minimum Gasteiger partial charge on any atom is -0.496 e. The van der Waals surface area contributed by atoms with Crippen molar-refractivity contribution in [3.05, 3.63) is 51.7 Å². The molecule has 1 heterocycles. The molecular formula is C15H17BrOS. The molecule has 3 heteroatoms. The number of alkyl halides is 1. The third-order valence-corrected chi connectivity index (χ3v) is 5.26. The minimum atomic E-state index is 0.202. The molecule has 0 aliphatic heterocycles. The van der Waals surface area contributed by atoms with E-state index in [2.05, 4.69) is 59.4 Å². The van der Waals surface area contributed by atoms with E-state index in [1.807, 2.05) is 6.07 Å². The van der Waals surface area contributed by atoms with Crippen LogP contribution >= 0.6 is 27.3 Å². The van der Waals surface area contributed by atoms with E-state index in [1.54, 1.807) is 18.4 Å². The molecule has 0 saturated carbocycles. The second-order valence-corrected chi connectivity index (χ2v) is 6.40. The van der Waals surface area contributed by atoms with Crippen LogP contribution in [0.4, 0.5) is 0 Å². The molecule has 1 atom stereocenters. The summed E-state index contributed by atoms with van der Waals surface area (Å²) in [5, 5.41) is 2.06. The Bertz CT molecular complexity index is 501. The fourth-order valence-corrected chi connectivity index (χ4v) is 3.58. The first-order valence-corrected chi connectivity index (χ1v) is 7.78. The van der Waals surface area contributed by atoms with Crippen LogP contribution in [0.15, 0.2) is 35.7 Å². The van der Waals surface area contributed by atoms with Crippen molar-refractivity contribution in [1.82, 2.24) is 0 Å². The van der Waals surface area contributed by atoms with Crippen LogP contribution in [0.2, 0.25) is 0 Å². The number of hydrogen-bond donors (Lipinski definition) is 0. The van der Waals surface area contributed by atoms with Gasteiger partial charge >= 0.3 is 0 Å². The fourth-order valence-electron chi connectivity index (χ4n) is 1.86. The highest BCUT2D eigenvalue weighted by molar-refractivity contribution is 9.09. The lowest BCUT2D eigenvalue weighted by Crippen LogP contribution is -1.94. The van der Waals surface area contributed by atoms with Crippen molar-refractivity contribution in [3.8, 4) is 5.75 Å². The van der Waals surface area contributed by atoms with Crippen molar-refractivity contribution in [2.45, 2.75) is 24.6 Å². The normalized spacial score (nSPS) is 12.7. The third-order valence-electron chi connectivity index (χ3n) is 3.00. The lowest BCUT2D eigenvalue weighted by atomic mass is 10.0. The van der Waals surface area contributed by atoms with Crippen LogP contribution < -0.4 is 4.74 Å². The molecule has 1 aromatic heterocycles. The molecule has 1 aromatic carbocycles. The Kier molecular flexibility index (Phi) is 4.46. The molecule has 2 rings (SSSR count). The molecule has 1 unspecified atom stereocenters. The fraction of sp³-hybridized carbons (Fsp3) is 0.333. The molecule has 0 bridgehead atoms. The monoisotopic (exact) mass is 324 g/mol. The number of hydrogen-bond acceptors (Lipinski definition) is 2. The SMILES string of the molecule is COc1ccsc1C(Br)c1ccc(C(C)C)cc1. The summed E-state index contributed by atoms with van der Waals surface area (Å²) in [6.07, 6.45) is 0. The molecule has 0 spiro atoms. The maximum absolute atomic E-state index is 5.37. The van der Waals surface area contributed by atoms with Crippen molar-refractivity contribution < 1.29 is 4.74 Å². The van der Waals surface area contributed by atoms with Gasteiger partial charge in [0.2, 0.25) is 0 Å². The first-order chi connectivity index (χ1) is 8.63. The van der Waals surface area contributed by atoms with E-state index in [-0.39, 0.29) is 4.83 Å². The van der Waals surface area contributed by atoms with Gasteiger partial charge in [0.25, 0.3) is 0 Å². The summed E-state index contributed by atoms with van der Waals surface area (Å²) in [5.74, 6) is 1.53. The molecule has 2 aromatic rings. The molecule has 0 saturated heterocycles. The van der Waals surface area contributed by atoms with E-state index in [0.29, 0.717) is 5.92 Å². The second-order valence-electron chi connectivity index (χ2n) is 4.54. The topological polar surface area (TPSA) is 9.23 Å². The van der Waals surface area contributed by atoms with Crippen LogP contribution in [0.3, 0.4) is 0 Å². The standard InChI is InChI=1S/C15H17BrOS/c1-10(2)11-4-6-12(7-5-11)14(16)15-13(17-3)8-9-18-15/h4-10,14H,1-3H3. The van der Waals surface area contributed by atoms with Gasteiger partial charge < -0.3 is 4.74 Å². The Balaban J connectivity index is 2.26. The number of thiophene rings is 1. The summed E-state index contributed by atoms with van der Waals surface area (Å²) in [7, 11) is 1.72. The highest BCUT2D eigenvalue weighted by Crippen LogP contribution is 2.40. The maximum atomic E-state index is 5.37. The van der Waals surface area contributed by atoms with Gasteiger partial charge in [0.15, 0.2) is 0 Å². The van der Waals surface area contributed by atoms with E-state index < -0.39 is 0 Å². The second kappa shape index (κ2) is 5.89. The molecule has 0 N–H and O–H groups in total. The quantitative estimate of drug-likeness (QED) is 0.687. The van der Waals surface area contributed by atoms with Crippen LogP contribution in [0.5, 0.6) is 5.75 Å². The Morgan fingerprint density at radius 1 is 1.06 bits per heavy atom. The number of methoxy groups -OCH3 is 1. The zero-order valence-corrected chi connectivity index (χ0v) is 13.2. The summed E-state index contributed by atoms with van der Waals surface area (Å²) < 4.78 is 5.37. The molecule has 0 radical (unpaired) electrons. The van der Waals surface area contributed by atoms with Crippen molar-refractivity contribution in [1.29, 1.82) is 0 Å². The molecule has 0 fully saturated rings. The van der Waals surface area contributed by atoms with Gasteiger partial charge in [0.05, 0.1) is 16.8 Å². The number of ether oxygens (including phenoxy) is 1. The summed E-state index contributed by atoms with van der Waals surface area (Å²) >= 11 is 5.47. The minimum absolute atomic E-state index is 0.202. The van der Waals surface area contributed by atoms with Gasteiger partial charge in [-0.05, 0) is 28.5 Å². The average molecular weight is 325 g/mol. The molecule has 0 amide bonds. The van der Waals surface area contributed by atoms with Gasteiger partial charge in [-0.15, -0.1) is 11.3 Å². The smallest absolute Gasteiger partial charge is 0.134 e. The molecule has 0 aliphatic rings. The Hall–Kier alpha value is -0.800. The molecule has 18 heavy (non-hydrogen) atoms. The van der Waals surface area contributed by atoms with E-state index in [9.17, 15) is 0 Å². The van der Waals surface area contributed by atoms with E-state index in [0.717, 1.165) is 5.75 Å². The van der Waals surface area contributed by atoms with Crippen molar-refractivity contribution in [3.63, 3.8) is 0 Å². The number of rotatable bonds is 4. The van der Waals surface area contributed by atoms with E-state index >= 15 is 0 Å². The van der Waals surface area contributed by atoms with Crippen molar-refractivity contribution >= 4 is 27.3 Å². The van der Waals surface area contributed by atoms with Crippen LogP contribution in [0.25, 0.3) is 0 Å². The van der Waals surface area contributed by atoms with Gasteiger partial charge in [-0.1, -0.05) is 54.0 Å². The van der Waals surface area contributed by atoms with Gasteiger partial charge in [-0.25, -0.2) is 0 Å².